The summed E-state index contributed by atoms with van der Waals surface area (Å²) in [7, 11) is 1.71. The van der Waals surface area contributed by atoms with Gasteiger partial charge in [0.1, 0.15) is 91.6 Å². The van der Waals surface area contributed by atoms with Gasteiger partial charge in [0.25, 0.3) is 0 Å². The standard InChI is InChI=1S/C52H86O23/c1-21(20-67-46-41(63)39(61)35(57)30(17-53)70-46)9-14-52(66-6)22(2)33-29(75-52)16-28-26-8-7-24-15-25(10-12-50(24,4)27(26)11-13-51(28,33)5)69-49-45(74-47-42(64)38(60)34(56)23(3)68-47)44(37(59)32(19-55)72-49)73-48-43(65)40(62)36(58)31(18-54)71-48/h7,21-23,25-49,53-65H,8-20H2,1-6H3/t21-,22-,23+,25-,26+,27-,28-,29-,30+,31+,32+,33-,34+,35+,36+,37-,38-,39-,40-,41+,42+,43+,44-,45+,46+,47-,48-,49+,50-,51-,52+/m0/s1. The molecule has 0 bridgehead atoms. The number of methoxy groups -OCH3 is 1. The molecular formula is C52H86O23. The van der Waals surface area contributed by atoms with Crippen molar-refractivity contribution in [2.24, 2.45) is 46.3 Å². The summed E-state index contributed by atoms with van der Waals surface area (Å²) >= 11 is 0. The Labute approximate surface area is 437 Å². The van der Waals surface area contributed by atoms with E-state index in [1.807, 2.05) is 6.92 Å². The molecule has 0 aromatic heterocycles. The van der Waals surface area contributed by atoms with Crippen LogP contribution in [0.2, 0.25) is 0 Å². The van der Waals surface area contributed by atoms with Gasteiger partial charge < -0.3 is 114 Å². The van der Waals surface area contributed by atoms with Gasteiger partial charge in [0.05, 0.1) is 44.7 Å². The highest BCUT2D eigenvalue weighted by atomic mass is 16.8. The van der Waals surface area contributed by atoms with Crippen LogP contribution in [0.15, 0.2) is 11.6 Å². The number of ether oxygens (including phenoxy) is 10. The van der Waals surface area contributed by atoms with Gasteiger partial charge >= 0.3 is 0 Å². The molecular weight excluding hydrogens is 993 g/mol. The molecule has 9 rings (SSSR count). The highest BCUT2D eigenvalue weighted by molar-refractivity contribution is 5.26. The molecule has 0 aromatic rings. The number of allylic oxidation sites excluding steroid dienone is 1. The Balaban J connectivity index is 0.871. The van der Waals surface area contributed by atoms with Gasteiger partial charge in [-0.05, 0) is 98.7 Å². The van der Waals surface area contributed by atoms with Crippen LogP contribution in [0.5, 0.6) is 0 Å². The summed E-state index contributed by atoms with van der Waals surface area (Å²) in [5, 5.41) is 137. The summed E-state index contributed by atoms with van der Waals surface area (Å²) in [4.78, 5) is 0. The van der Waals surface area contributed by atoms with Crippen LogP contribution < -0.4 is 0 Å². The molecule has 3 saturated carbocycles. The largest absolute Gasteiger partial charge is 0.394 e. The number of fused-ring (bicyclic) bond motifs is 7. The number of rotatable bonds is 16. The van der Waals surface area contributed by atoms with Crippen molar-refractivity contribution in [3.05, 3.63) is 11.6 Å². The molecule has 0 unspecified atom stereocenters. The van der Waals surface area contributed by atoms with Gasteiger partial charge in [0.15, 0.2) is 30.9 Å². The van der Waals surface area contributed by atoms with E-state index in [2.05, 4.69) is 26.8 Å². The Kier molecular flexibility index (Phi) is 17.9. The predicted octanol–water partition coefficient (Wildman–Crippen LogP) is -2.35. The highest BCUT2D eigenvalue weighted by Crippen LogP contribution is 2.70. The third kappa shape index (κ3) is 10.5. The molecule has 8 fully saturated rings. The lowest BCUT2D eigenvalue weighted by Gasteiger charge is -2.58. The maximum Gasteiger partial charge on any atom is 0.187 e. The molecule has 31 atom stereocenters. The molecule has 75 heavy (non-hydrogen) atoms. The summed E-state index contributed by atoms with van der Waals surface area (Å²) in [6, 6.07) is 0. The third-order valence-electron chi connectivity index (χ3n) is 19.8. The van der Waals surface area contributed by atoms with E-state index >= 15 is 0 Å². The zero-order valence-electron chi connectivity index (χ0n) is 43.8. The topological polar surface area (TPSA) is 355 Å². The molecule has 13 N–H and O–H groups in total. The molecule has 5 aliphatic heterocycles. The number of aliphatic hydroxyl groups is 13. The second-order valence-corrected chi connectivity index (χ2v) is 24.0. The summed E-state index contributed by atoms with van der Waals surface area (Å²) < 4.78 is 61.6. The lowest BCUT2D eigenvalue weighted by atomic mass is 9.47. The van der Waals surface area contributed by atoms with Crippen molar-refractivity contribution in [2.75, 3.05) is 33.5 Å². The molecule has 0 amide bonds. The summed E-state index contributed by atoms with van der Waals surface area (Å²) in [6.07, 6.45) is -21.5. The molecule has 4 aliphatic carbocycles. The van der Waals surface area contributed by atoms with Crippen molar-refractivity contribution >= 4 is 0 Å². The van der Waals surface area contributed by atoms with Crippen LogP contribution in [0, 0.1) is 46.3 Å². The Morgan fingerprint density at radius 2 is 1.21 bits per heavy atom. The predicted molar refractivity (Wildman–Crippen MR) is 255 cm³/mol. The fraction of sp³-hybridized carbons (Fsp3) is 0.962. The van der Waals surface area contributed by atoms with Gasteiger partial charge in [-0.3, -0.25) is 0 Å². The maximum atomic E-state index is 11.6. The van der Waals surface area contributed by atoms with Crippen molar-refractivity contribution in [3.8, 4) is 0 Å². The second-order valence-electron chi connectivity index (χ2n) is 24.0. The van der Waals surface area contributed by atoms with Gasteiger partial charge in [-0.15, -0.1) is 0 Å². The molecule has 23 nitrogen and oxygen atoms in total. The summed E-state index contributed by atoms with van der Waals surface area (Å²) in [5.41, 5.74) is 1.11. The van der Waals surface area contributed by atoms with E-state index < -0.39 is 155 Å². The first-order valence-corrected chi connectivity index (χ1v) is 27.3. The number of hydrogen-bond donors (Lipinski definition) is 13. The maximum absolute atomic E-state index is 11.6. The zero-order valence-corrected chi connectivity index (χ0v) is 43.8. The van der Waals surface area contributed by atoms with E-state index in [4.69, 9.17) is 47.4 Å². The van der Waals surface area contributed by atoms with Crippen LogP contribution in [-0.2, 0) is 47.4 Å². The van der Waals surface area contributed by atoms with Gasteiger partial charge in [-0.25, -0.2) is 0 Å². The minimum atomic E-state index is -1.88. The van der Waals surface area contributed by atoms with Gasteiger partial charge in [-0.1, -0.05) is 39.3 Å². The van der Waals surface area contributed by atoms with E-state index in [-0.39, 0.29) is 41.3 Å². The summed E-state index contributed by atoms with van der Waals surface area (Å²) in [5.74, 6) is 0.765. The fourth-order valence-corrected chi connectivity index (χ4v) is 15.3. The number of aliphatic hydroxyl groups excluding tert-OH is 13. The molecule has 0 spiro atoms. The quantitative estimate of drug-likeness (QED) is 0.0720. The molecule has 0 aromatic carbocycles. The normalized spacial score (nSPS) is 54.3. The fourth-order valence-electron chi connectivity index (χ4n) is 15.3. The van der Waals surface area contributed by atoms with Gasteiger partial charge in [0, 0.05) is 19.4 Å². The molecule has 0 radical (unpaired) electrons. The van der Waals surface area contributed by atoms with Crippen molar-refractivity contribution in [2.45, 2.75) is 233 Å². The van der Waals surface area contributed by atoms with Crippen LogP contribution in [0.25, 0.3) is 0 Å². The van der Waals surface area contributed by atoms with E-state index in [0.29, 0.717) is 43.4 Å². The second kappa shape index (κ2) is 23.0. The van der Waals surface area contributed by atoms with E-state index in [0.717, 1.165) is 32.1 Å². The minimum absolute atomic E-state index is 0.00228. The van der Waals surface area contributed by atoms with Crippen molar-refractivity contribution in [3.63, 3.8) is 0 Å². The van der Waals surface area contributed by atoms with Crippen LogP contribution >= 0.6 is 0 Å². The van der Waals surface area contributed by atoms with Crippen molar-refractivity contribution < 1.29 is 114 Å². The third-order valence-corrected chi connectivity index (χ3v) is 19.8. The average molecular weight is 1080 g/mol. The van der Waals surface area contributed by atoms with Crippen molar-refractivity contribution in [1.82, 2.24) is 0 Å². The van der Waals surface area contributed by atoms with Crippen LogP contribution in [0.3, 0.4) is 0 Å². The van der Waals surface area contributed by atoms with E-state index in [9.17, 15) is 66.4 Å². The molecule has 5 heterocycles. The Morgan fingerprint density at radius 1 is 0.640 bits per heavy atom. The highest BCUT2D eigenvalue weighted by Gasteiger charge is 2.68. The first-order chi connectivity index (χ1) is 35.6. The average Bonchev–Trinajstić information content (AvgIpc) is 3.92. The van der Waals surface area contributed by atoms with E-state index in [1.165, 1.54) is 12.5 Å². The SMILES string of the molecule is CO[C@]1(CC[C@H](C)CO[C@@H]2O[C@H](CO)[C@@H](O)[C@H](O)[C@H]2O)O[C@H]2C[C@H]3[C@@H]4CC=C5C[C@@H](O[C@@H]6O[C@H](CO)[C@H](O)[C@H](O[C@@H]7O[C@H](CO)[C@@H](O)[C@H](O)[C@H]7O)[C@H]6O[C@@H]6O[C@H](C)[C@@H](O)[C@H](O)[C@H]6O)CC[C@]5(C)[C@H]4CC[C@]3(C)[C@H]2[C@@H]1C. The molecule has 9 aliphatic rings. The Hall–Kier alpha value is -1.18. The molecule has 432 valence electrons. The Bertz CT molecular complexity index is 1930. The molecule has 23 heteroatoms. The molecule has 5 saturated heterocycles. The van der Waals surface area contributed by atoms with Crippen molar-refractivity contribution in [1.29, 1.82) is 0 Å². The lowest BCUT2D eigenvalue weighted by molar-refractivity contribution is -0.394. The number of hydrogen-bond acceptors (Lipinski definition) is 23. The van der Waals surface area contributed by atoms with Crippen LogP contribution in [0.1, 0.15) is 92.4 Å². The van der Waals surface area contributed by atoms with Crippen LogP contribution in [-0.4, -0.2) is 241 Å². The zero-order chi connectivity index (χ0) is 54.2. The monoisotopic (exact) mass is 1080 g/mol. The minimum Gasteiger partial charge on any atom is -0.394 e. The Morgan fingerprint density at radius 3 is 1.85 bits per heavy atom. The van der Waals surface area contributed by atoms with E-state index in [1.54, 1.807) is 7.11 Å². The summed E-state index contributed by atoms with van der Waals surface area (Å²) in [6.45, 7) is 8.74. The van der Waals surface area contributed by atoms with Gasteiger partial charge in [0.2, 0.25) is 0 Å². The van der Waals surface area contributed by atoms with Crippen LogP contribution in [0.4, 0.5) is 0 Å². The van der Waals surface area contributed by atoms with Gasteiger partial charge in [-0.2, -0.15) is 0 Å². The lowest BCUT2D eigenvalue weighted by Crippen LogP contribution is -2.67. The first kappa shape index (κ1) is 58.5. The smallest absolute Gasteiger partial charge is 0.187 e. The first-order valence-electron chi connectivity index (χ1n) is 27.3.